The Kier molecular flexibility index (Phi) is 3.06. The van der Waals surface area contributed by atoms with Crippen LogP contribution in [0.5, 0.6) is 0 Å². The molecule has 0 radical (unpaired) electrons. The van der Waals surface area contributed by atoms with Crippen molar-refractivity contribution in [1.82, 2.24) is 15.0 Å². The highest BCUT2D eigenvalue weighted by molar-refractivity contribution is 9.08. The predicted molar refractivity (Wildman–Crippen MR) is 76.5 cm³/mol. The number of fused-ring (bicyclic) bond motifs is 1. The molecule has 1 aromatic heterocycles. The van der Waals surface area contributed by atoms with Crippen LogP contribution < -0.4 is 0 Å². The molecule has 3 rings (SSSR count). The minimum atomic E-state index is 0.689. The summed E-state index contributed by atoms with van der Waals surface area (Å²) in [5.74, 6) is 0. The molecule has 3 nitrogen and oxygen atoms in total. The maximum atomic E-state index is 6.07. The summed E-state index contributed by atoms with van der Waals surface area (Å²) in [6.45, 7) is 0. The van der Waals surface area contributed by atoms with Gasteiger partial charge in [-0.3, -0.25) is 0 Å². The molecule has 0 atom stereocenters. The molecular formula is C13H9BrClN3. The van der Waals surface area contributed by atoms with Crippen LogP contribution in [0.25, 0.3) is 16.7 Å². The zero-order chi connectivity index (χ0) is 12.5. The van der Waals surface area contributed by atoms with Gasteiger partial charge in [0.1, 0.15) is 5.52 Å². The summed E-state index contributed by atoms with van der Waals surface area (Å²) in [5.41, 5.74) is 3.92. The number of aromatic nitrogens is 3. The monoisotopic (exact) mass is 321 g/mol. The molecule has 0 saturated heterocycles. The van der Waals surface area contributed by atoms with E-state index in [1.54, 1.807) is 0 Å². The summed E-state index contributed by atoms with van der Waals surface area (Å²) in [6, 6.07) is 13.6. The second-order valence-corrected chi connectivity index (χ2v) is 4.89. The summed E-state index contributed by atoms with van der Waals surface area (Å²) in [4.78, 5) is 0. The molecule has 0 bridgehead atoms. The highest BCUT2D eigenvalue weighted by Crippen LogP contribution is 2.24. The van der Waals surface area contributed by atoms with Gasteiger partial charge in [0.15, 0.2) is 0 Å². The maximum absolute atomic E-state index is 6.07. The first kappa shape index (κ1) is 11.7. The topological polar surface area (TPSA) is 30.7 Å². The van der Waals surface area contributed by atoms with Crippen molar-refractivity contribution in [2.75, 3.05) is 0 Å². The van der Waals surface area contributed by atoms with E-state index in [0.717, 1.165) is 27.6 Å². The summed E-state index contributed by atoms with van der Waals surface area (Å²) >= 11 is 9.54. The normalized spacial score (nSPS) is 11.0. The third-order valence-corrected chi connectivity index (χ3v) is 3.61. The van der Waals surface area contributed by atoms with E-state index in [4.69, 9.17) is 11.6 Å². The number of benzene rings is 2. The van der Waals surface area contributed by atoms with Gasteiger partial charge in [-0.2, -0.15) is 0 Å². The first-order valence-electron chi connectivity index (χ1n) is 5.45. The lowest BCUT2D eigenvalue weighted by molar-refractivity contribution is 0.818. The van der Waals surface area contributed by atoms with Crippen LogP contribution in [0.2, 0.25) is 5.02 Å². The number of alkyl halides is 1. The van der Waals surface area contributed by atoms with E-state index in [9.17, 15) is 0 Å². The minimum absolute atomic E-state index is 0.689. The van der Waals surface area contributed by atoms with Crippen LogP contribution in [0.15, 0.2) is 42.5 Å². The van der Waals surface area contributed by atoms with Crippen molar-refractivity contribution in [3.05, 3.63) is 53.1 Å². The zero-order valence-electron chi connectivity index (χ0n) is 9.35. The quantitative estimate of drug-likeness (QED) is 0.668. The average Bonchev–Trinajstić information content (AvgIpc) is 2.82. The molecule has 0 aliphatic rings. The molecule has 0 unspecified atom stereocenters. The Labute approximate surface area is 118 Å². The van der Waals surface area contributed by atoms with Crippen LogP contribution >= 0.6 is 27.5 Å². The largest absolute Gasteiger partial charge is 0.212 e. The fourth-order valence-corrected chi connectivity index (χ4v) is 2.53. The van der Waals surface area contributed by atoms with Crippen molar-refractivity contribution >= 4 is 38.6 Å². The van der Waals surface area contributed by atoms with E-state index >= 15 is 0 Å². The number of rotatable bonds is 2. The molecule has 0 spiro atoms. The van der Waals surface area contributed by atoms with Gasteiger partial charge < -0.3 is 0 Å². The molecule has 18 heavy (non-hydrogen) atoms. The van der Waals surface area contributed by atoms with Crippen LogP contribution in [-0.4, -0.2) is 15.0 Å². The SMILES string of the molecule is Clc1ccc(CBr)c(-n2nnc3ccccc32)c1. The van der Waals surface area contributed by atoms with E-state index in [1.807, 2.05) is 47.1 Å². The van der Waals surface area contributed by atoms with Crippen LogP contribution in [0, 0.1) is 0 Å². The van der Waals surface area contributed by atoms with Gasteiger partial charge in [0.25, 0.3) is 0 Å². The van der Waals surface area contributed by atoms with Crippen molar-refractivity contribution < 1.29 is 0 Å². The predicted octanol–water partition coefficient (Wildman–Crippen LogP) is 3.97. The Hall–Kier alpha value is -1.39. The molecule has 90 valence electrons. The molecule has 2 aromatic carbocycles. The summed E-state index contributed by atoms with van der Waals surface area (Å²) in [7, 11) is 0. The molecule has 0 aliphatic heterocycles. The summed E-state index contributed by atoms with van der Waals surface area (Å²) < 4.78 is 1.82. The van der Waals surface area contributed by atoms with Gasteiger partial charge in [-0.15, -0.1) is 5.10 Å². The summed E-state index contributed by atoms with van der Waals surface area (Å²) in [5, 5.41) is 9.79. The van der Waals surface area contributed by atoms with Crippen molar-refractivity contribution in [3.8, 4) is 5.69 Å². The van der Waals surface area contributed by atoms with Crippen LogP contribution in [-0.2, 0) is 5.33 Å². The highest BCUT2D eigenvalue weighted by atomic mass is 79.9. The molecule has 0 saturated carbocycles. The highest BCUT2D eigenvalue weighted by Gasteiger charge is 2.10. The molecule has 0 amide bonds. The molecule has 1 heterocycles. The molecule has 0 fully saturated rings. The van der Waals surface area contributed by atoms with Gasteiger partial charge in [0.05, 0.1) is 11.2 Å². The Morgan fingerprint density at radius 1 is 1.17 bits per heavy atom. The molecule has 0 aliphatic carbocycles. The van der Waals surface area contributed by atoms with Gasteiger partial charge in [-0.05, 0) is 29.8 Å². The maximum Gasteiger partial charge on any atom is 0.113 e. The fraction of sp³-hybridized carbons (Fsp3) is 0.0769. The van der Waals surface area contributed by atoms with Crippen LogP contribution in [0.1, 0.15) is 5.56 Å². The van der Waals surface area contributed by atoms with E-state index in [-0.39, 0.29) is 0 Å². The van der Waals surface area contributed by atoms with Gasteiger partial charge in [-0.1, -0.05) is 50.9 Å². The lowest BCUT2D eigenvalue weighted by atomic mass is 10.2. The van der Waals surface area contributed by atoms with Gasteiger partial charge in [0, 0.05) is 10.4 Å². The Morgan fingerprint density at radius 2 is 2.00 bits per heavy atom. The molecule has 3 aromatic rings. The first-order chi connectivity index (χ1) is 8.79. The van der Waals surface area contributed by atoms with Gasteiger partial charge >= 0.3 is 0 Å². The molecule has 5 heteroatoms. The zero-order valence-corrected chi connectivity index (χ0v) is 11.7. The second-order valence-electron chi connectivity index (χ2n) is 3.90. The van der Waals surface area contributed by atoms with Crippen molar-refractivity contribution in [2.24, 2.45) is 0 Å². The van der Waals surface area contributed by atoms with Gasteiger partial charge in [-0.25, -0.2) is 4.68 Å². The Balaban J connectivity index is 2.29. The lowest BCUT2D eigenvalue weighted by Gasteiger charge is -2.08. The summed E-state index contributed by atoms with van der Waals surface area (Å²) in [6.07, 6.45) is 0. The third-order valence-electron chi connectivity index (χ3n) is 2.77. The van der Waals surface area contributed by atoms with E-state index < -0.39 is 0 Å². The van der Waals surface area contributed by atoms with Crippen molar-refractivity contribution in [1.29, 1.82) is 0 Å². The first-order valence-corrected chi connectivity index (χ1v) is 6.95. The number of halogens is 2. The number of hydrogen-bond donors (Lipinski definition) is 0. The van der Waals surface area contributed by atoms with Crippen LogP contribution in [0.4, 0.5) is 0 Å². The van der Waals surface area contributed by atoms with Crippen molar-refractivity contribution in [2.45, 2.75) is 5.33 Å². The number of nitrogens with zero attached hydrogens (tertiary/aromatic N) is 3. The van der Waals surface area contributed by atoms with Gasteiger partial charge in [0.2, 0.25) is 0 Å². The fourth-order valence-electron chi connectivity index (χ4n) is 1.89. The molecular weight excluding hydrogens is 314 g/mol. The average molecular weight is 323 g/mol. The van der Waals surface area contributed by atoms with E-state index in [0.29, 0.717) is 5.02 Å². The third kappa shape index (κ3) is 1.91. The molecule has 0 N–H and O–H groups in total. The minimum Gasteiger partial charge on any atom is -0.212 e. The van der Waals surface area contributed by atoms with Crippen LogP contribution in [0.3, 0.4) is 0 Å². The number of para-hydroxylation sites is 1. The van der Waals surface area contributed by atoms with E-state index in [2.05, 4.69) is 26.2 Å². The lowest BCUT2D eigenvalue weighted by Crippen LogP contribution is -2.00. The smallest absolute Gasteiger partial charge is 0.113 e. The van der Waals surface area contributed by atoms with Crippen molar-refractivity contribution in [3.63, 3.8) is 0 Å². The van der Waals surface area contributed by atoms with E-state index in [1.165, 1.54) is 0 Å². The Bertz CT molecular complexity index is 708. The number of hydrogen-bond acceptors (Lipinski definition) is 2. The standard InChI is InChI=1S/C13H9BrClN3/c14-8-9-5-6-10(15)7-13(9)18-12-4-2-1-3-11(12)16-17-18/h1-7H,8H2. The second kappa shape index (κ2) is 4.71. The Morgan fingerprint density at radius 3 is 2.83 bits per heavy atom.